The van der Waals surface area contributed by atoms with Crippen molar-refractivity contribution in [1.29, 1.82) is 0 Å². The number of halogens is 1. The summed E-state index contributed by atoms with van der Waals surface area (Å²) in [5.41, 5.74) is 4.06. The molecule has 0 aliphatic carbocycles. The number of nitrogens with one attached hydrogen (secondary N) is 1. The average molecular weight is 420 g/mol. The molecule has 0 radical (unpaired) electrons. The van der Waals surface area contributed by atoms with E-state index in [0.29, 0.717) is 16.3 Å². The highest BCUT2D eigenvalue weighted by molar-refractivity contribution is 6.30. The molecular weight excluding hydrogens is 398 g/mol. The quantitative estimate of drug-likeness (QED) is 0.400. The Morgan fingerprint density at radius 2 is 1.63 bits per heavy atom. The molecule has 152 valence electrons. The molecule has 0 unspecified atom stereocenters. The third-order valence-corrected chi connectivity index (χ3v) is 4.56. The average Bonchev–Trinajstić information content (AvgIpc) is 2.70. The number of anilines is 1. The van der Waals surface area contributed by atoms with Crippen molar-refractivity contribution < 1.29 is 14.3 Å². The lowest BCUT2D eigenvalue weighted by atomic mass is 10.1. The molecule has 4 nitrogen and oxygen atoms in total. The van der Waals surface area contributed by atoms with Crippen LogP contribution in [0.5, 0.6) is 0 Å². The summed E-state index contributed by atoms with van der Waals surface area (Å²) in [7, 11) is 0. The first-order valence-electron chi connectivity index (χ1n) is 9.49. The highest BCUT2D eigenvalue weighted by Crippen LogP contribution is 2.22. The van der Waals surface area contributed by atoms with Gasteiger partial charge in [-0.2, -0.15) is 0 Å². The van der Waals surface area contributed by atoms with Crippen LogP contribution in [0.2, 0.25) is 5.02 Å². The largest absolute Gasteiger partial charge is 0.444 e. The van der Waals surface area contributed by atoms with Crippen LogP contribution in [0.1, 0.15) is 28.4 Å². The summed E-state index contributed by atoms with van der Waals surface area (Å²) in [5.74, 6) is -1.05. The lowest BCUT2D eigenvalue weighted by molar-refractivity contribution is -0.149. The van der Waals surface area contributed by atoms with Crippen LogP contribution < -0.4 is 5.32 Å². The minimum absolute atomic E-state index is 0.421. The second kappa shape index (κ2) is 9.90. The number of rotatable bonds is 6. The molecule has 0 aliphatic heterocycles. The van der Waals surface area contributed by atoms with Crippen LogP contribution in [0.4, 0.5) is 5.69 Å². The van der Waals surface area contributed by atoms with Crippen LogP contribution in [0.15, 0.2) is 78.9 Å². The lowest BCUT2D eigenvalue weighted by Crippen LogP contribution is -2.25. The molecule has 1 amide bonds. The first-order valence-corrected chi connectivity index (χ1v) is 9.87. The monoisotopic (exact) mass is 419 g/mol. The third-order valence-electron chi connectivity index (χ3n) is 4.32. The number of esters is 1. The Morgan fingerprint density at radius 3 is 2.30 bits per heavy atom. The van der Waals surface area contributed by atoms with E-state index in [-0.39, 0.29) is 0 Å². The van der Waals surface area contributed by atoms with Crippen molar-refractivity contribution in [2.24, 2.45) is 0 Å². The van der Waals surface area contributed by atoms with E-state index in [1.807, 2.05) is 44.2 Å². The predicted molar refractivity (Wildman–Crippen MR) is 120 cm³/mol. The molecule has 0 heterocycles. The number of carbonyl (C=O) groups is 2. The van der Waals surface area contributed by atoms with Crippen molar-refractivity contribution in [1.82, 2.24) is 0 Å². The fourth-order valence-corrected chi connectivity index (χ4v) is 3.28. The molecule has 3 aromatic rings. The van der Waals surface area contributed by atoms with E-state index in [1.54, 1.807) is 48.5 Å². The molecule has 1 N–H and O–H groups in total. The first-order chi connectivity index (χ1) is 14.4. The summed E-state index contributed by atoms with van der Waals surface area (Å²) < 4.78 is 5.51. The van der Waals surface area contributed by atoms with Gasteiger partial charge >= 0.3 is 5.97 Å². The molecule has 0 spiro atoms. The highest BCUT2D eigenvalue weighted by Gasteiger charge is 2.24. The van der Waals surface area contributed by atoms with Gasteiger partial charge in [-0.3, -0.25) is 4.79 Å². The molecule has 3 rings (SSSR count). The maximum absolute atomic E-state index is 13.0. The normalized spacial score (nSPS) is 11.8. The minimum Gasteiger partial charge on any atom is -0.444 e. The summed E-state index contributed by atoms with van der Waals surface area (Å²) in [5, 5.41) is 3.42. The van der Waals surface area contributed by atoms with Crippen LogP contribution >= 0.6 is 11.6 Å². The second-order valence-electron chi connectivity index (χ2n) is 6.98. The number of benzene rings is 3. The van der Waals surface area contributed by atoms with Crippen LogP contribution in [0.3, 0.4) is 0 Å². The van der Waals surface area contributed by atoms with Crippen LogP contribution in [-0.2, 0) is 14.3 Å². The van der Waals surface area contributed by atoms with Gasteiger partial charge in [-0.15, -0.1) is 0 Å². The van der Waals surface area contributed by atoms with Gasteiger partial charge in [0.2, 0.25) is 6.10 Å². The van der Waals surface area contributed by atoms with E-state index < -0.39 is 18.0 Å². The Morgan fingerprint density at radius 1 is 0.933 bits per heavy atom. The Balaban J connectivity index is 1.78. The Kier molecular flexibility index (Phi) is 7.04. The van der Waals surface area contributed by atoms with Crippen molar-refractivity contribution in [3.63, 3.8) is 0 Å². The molecular formula is C25H22ClNO3. The summed E-state index contributed by atoms with van der Waals surface area (Å²) in [6.07, 6.45) is 1.80. The van der Waals surface area contributed by atoms with Gasteiger partial charge in [-0.1, -0.05) is 60.1 Å². The Labute approximate surface area is 181 Å². The summed E-state index contributed by atoms with van der Waals surface area (Å²) >= 11 is 5.96. The molecule has 0 bridgehead atoms. The SMILES string of the molecule is Cc1cc(C)cc(NC(=O)[C@H](OC(=O)/C=C/c2cccc(Cl)c2)c2ccccc2)c1. The zero-order chi connectivity index (χ0) is 21.5. The van der Waals surface area contributed by atoms with Gasteiger partial charge in [0.1, 0.15) is 0 Å². The molecule has 1 atom stereocenters. The summed E-state index contributed by atoms with van der Waals surface area (Å²) in [6, 6.07) is 21.8. The number of ether oxygens (including phenoxy) is 1. The fourth-order valence-electron chi connectivity index (χ4n) is 3.09. The Hall–Kier alpha value is -3.37. The van der Waals surface area contributed by atoms with E-state index in [9.17, 15) is 9.59 Å². The topological polar surface area (TPSA) is 55.4 Å². The van der Waals surface area contributed by atoms with E-state index in [1.165, 1.54) is 6.08 Å². The zero-order valence-electron chi connectivity index (χ0n) is 16.8. The molecule has 0 saturated heterocycles. The van der Waals surface area contributed by atoms with Crippen molar-refractivity contribution in [2.45, 2.75) is 20.0 Å². The fraction of sp³-hybridized carbons (Fsp3) is 0.120. The molecule has 0 saturated carbocycles. The highest BCUT2D eigenvalue weighted by atomic mass is 35.5. The number of amides is 1. The van der Waals surface area contributed by atoms with Crippen molar-refractivity contribution >= 4 is 35.2 Å². The lowest BCUT2D eigenvalue weighted by Gasteiger charge is -2.18. The van der Waals surface area contributed by atoms with Gasteiger partial charge < -0.3 is 10.1 Å². The third kappa shape index (κ3) is 6.06. The van der Waals surface area contributed by atoms with Gasteiger partial charge in [-0.25, -0.2) is 4.79 Å². The van der Waals surface area contributed by atoms with Crippen molar-refractivity contribution in [2.75, 3.05) is 5.32 Å². The smallest absolute Gasteiger partial charge is 0.331 e. The van der Waals surface area contributed by atoms with E-state index in [4.69, 9.17) is 16.3 Å². The molecule has 0 aliphatic rings. The van der Waals surface area contributed by atoms with Crippen molar-refractivity contribution in [3.8, 4) is 0 Å². The van der Waals surface area contributed by atoms with Crippen LogP contribution in [-0.4, -0.2) is 11.9 Å². The number of carbonyl (C=O) groups excluding carboxylic acids is 2. The van der Waals surface area contributed by atoms with Crippen molar-refractivity contribution in [3.05, 3.63) is 106 Å². The van der Waals surface area contributed by atoms with Gasteiger partial charge in [0, 0.05) is 22.3 Å². The zero-order valence-corrected chi connectivity index (χ0v) is 17.5. The number of hydrogen-bond acceptors (Lipinski definition) is 3. The number of aryl methyl sites for hydroxylation is 2. The maximum atomic E-state index is 13.0. The van der Waals surface area contributed by atoms with E-state index in [0.717, 1.165) is 16.7 Å². The predicted octanol–water partition coefficient (Wildman–Crippen LogP) is 5.89. The molecule has 0 fully saturated rings. The summed E-state index contributed by atoms with van der Waals surface area (Å²) in [4.78, 5) is 25.4. The number of hydrogen-bond donors (Lipinski definition) is 1. The van der Waals surface area contributed by atoms with Gasteiger partial charge in [-0.05, 0) is 60.9 Å². The van der Waals surface area contributed by atoms with Crippen LogP contribution in [0.25, 0.3) is 6.08 Å². The molecule has 0 aromatic heterocycles. The van der Waals surface area contributed by atoms with Gasteiger partial charge in [0.15, 0.2) is 0 Å². The van der Waals surface area contributed by atoms with E-state index >= 15 is 0 Å². The van der Waals surface area contributed by atoms with E-state index in [2.05, 4.69) is 5.32 Å². The Bertz CT molecular complexity index is 1060. The van der Waals surface area contributed by atoms with Gasteiger partial charge in [0.25, 0.3) is 5.91 Å². The maximum Gasteiger partial charge on any atom is 0.331 e. The molecule has 30 heavy (non-hydrogen) atoms. The van der Waals surface area contributed by atoms with Gasteiger partial charge in [0.05, 0.1) is 0 Å². The standard InChI is InChI=1S/C25H22ClNO3/c1-17-13-18(2)15-22(14-17)27-25(29)24(20-8-4-3-5-9-20)30-23(28)12-11-19-7-6-10-21(26)16-19/h3-16,24H,1-2H3,(H,27,29)/b12-11+/t24-/m1/s1. The first kappa shape index (κ1) is 21.3. The molecule has 3 aromatic carbocycles. The molecule has 5 heteroatoms. The second-order valence-corrected chi connectivity index (χ2v) is 7.42. The van der Waals surface area contributed by atoms with Crippen LogP contribution in [0, 0.1) is 13.8 Å². The minimum atomic E-state index is -1.08. The summed E-state index contributed by atoms with van der Waals surface area (Å²) in [6.45, 7) is 3.91.